The summed E-state index contributed by atoms with van der Waals surface area (Å²) in [6.07, 6.45) is 1.19. The highest BCUT2D eigenvalue weighted by atomic mass is 32.2. The summed E-state index contributed by atoms with van der Waals surface area (Å²) in [5.74, 6) is -0.529. The molecular weight excluding hydrogens is 343 g/mol. The Kier molecular flexibility index (Phi) is 4.76. The number of nitrogens with zero attached hydrogens (tertiary/aromatic N) is 1. The van der Waals surface area contributed by atoms with Crippen molar-refractivity contribution >= 4 is 21.6 Å². The highest BCUT2D eigenvalue weighted by Gasteiger charge is 2.21. The zero-order valence-electron chi connectivity index (χ0n) is 13.8. The number of carbonyl (C=O) groups excluding carboxylic acids is 1. The summed E-state index contributed by atoms with van der Waals surface area (Å²) in [7, 11) is -3.87. The predicted octanol–water partition coefficient (Wildman–Crippen LogP) is 2.92. The van der Waals surface area contributed by atoms with Crippen molar-refractivity contribution < 1.29 is 17.6 Å². The van der Waals surface area contributed by atoms with Crippen LogP contribution in [-0.4, -0.2) is 25.8 Å². The largest absolute Gasteiger partial charge is 0.338 e. The van der Waals surface area contributed by atoms with Crippen molar-refractivity contribution in [1.82, 2.24) is 4.90 Å². The molecule has 0 aliphatic carbocycles. The molecule has 2 aromatic rings. The molecule has 132 valence electrons. The molecule has 2 aromatic carbocycles. The first-order valence-electron chi connectivity index (χ1n) is 8.07. The summed E-state index contributed by atoms with van der Waals surface area (Å²) < 4.78 is 40.6. The van der Waals surface area contributed by atoms with Gasteiger partial charge in [0.1, 0.15) is 5.82 Å². The van der Waals surface area contributed by atoms with Crippen LogP contribution < -0.4 is 4.72 Å². The minimum atomic E-state index is -3.87. The van der Waals surface area contributed by atoms with Crippen LogP contribution in [0.1, 0.15) is 24.5 Å². The van der Waals surface area contributed by atoms with Crippen molar-refractivity contribution in [3.8, 4) is 0 Å². The number of sulfonamides is 1. The molecule has 0 radical (unpaired) electrons. The number of anilines is 1. The molecule has 3 rings (SSSR count). The molecule has 0 unspecified atom stereocenters. The maximum Gasteiger partial charge on any atom is 0.261 e. The van der Waals surface area contributed by atoms with E-state index >= 15 is 0 Å². The van der Waals surface area contributed by atoms with Gasteiger partial charge in [-0.25, -0.2) is 12.8 Å². The number of amides is 1. The average molecular weight is 362 g/mol. The molecule has 25 heavy (non-hydrogen) atoms. The molecule has 5 nitrogen and oxygen atoms in total. The standard InChI is InChI=1S/C18H19FN2O3S/c1-2-18(22)21-9-8-13-6-7-16(10-14(13)12-21)20-25(23,24)17-5-3-4-15(19)11-17/h3-7,10-11,20H,2,8-9,12H2,1H3. The van der Waals surface area contributed by atoms with Crippen molar-refractivity contribution in [3.63, 3.8) is 0 Å². The Morgan fingerprint density at radius 1 is 1.20 bits per heavy atom. The lowest BCUT2D eigenvalue weighted by Gasteiger charge is -2.29. The lowest BCUT2D eigenvalue weighted by atomic mass is 9.99. The Bertz CT molecular complexity index is 912. The van der Waals surface area contributed by atoms with E-state index in [4.69, 9.17) is 0 Å². The van der Waals surface area contributed by atoms with E-state index in [1.54, 1.807) is 17.0 Å². The van der Waals surface area contributed by atoms with Gasteiger partial charge in [-0.3, -0.25) is 9.52 Å². The Morgan fingerprint density at radius 3 is 2.72 bits per heavy atom. The zero-order valence-corrected chi connectivity index (χ0v) is 14.6. The van der Waals surface area contributed by atoms with Crippen molar-refractivity contribution in [2.45, 2.75) is 31.2 Å². The Hall–Kier alpha value is -2.41. The van der Waals surface area contributed by atoms with E-state index in [-0.39, 0.29) is 10.8 Å². The molecule has 0 fully saturated rings. The normalized spacial score (nSPS) is 14.1. The topological polar surface area (TPSA) is 66.5 Å². The lowest BCUT2D eigenvalue weighted by molar-refractivity contribution is -0.131. The summed E-state index contributed by atoms with van der Waals surface area (Å²) in [5.41, 5.74) is 2.43. The van der Waals surface area contributed by atoms with Gasteiger partial charge in [0, 0.05) is 25.2 Å². The van der Waals surface area contributed by atoms with Gasteiger partial charge in [0.05, 0.1) is 4.90 Å². The zero-order chi connectivity index (χ0) is 18.0. The van der Waals surface area contributed by atoms with Crippen molar-refractivity contribution in [2.24, 2.45) is 0 Å². The van der Waals surface area contributed by atoms with E-state index in [9.17, 15) is 17.6 Å². The van der Waals surface area contributed by atoms with Crippen LogP contribution >= 0.6 is 0 Å². The third kappa shape index (κ3) is 3.82. The number of halogens is 1. The number of hydrogen-bond donors (Lipinski definition) is 1. The first-order chi connectivity index (χ1) is 11.9. The van der Waals surface area contributed by atoms with Gasteiger partial charge in [0.15, 0.2) is 0 Å². The van der Waals surface area contributed by atoms with Gasteiger partial charge in [0.25, 0.3) is 10.0 Å². The molecule has 0 saturated carbocycles. The van der Waals surface area contributed by atoms with E-state index in [1.165, 1.54) is 18.2 Å². The van der Waals surface area contributed by atoms with Crippen LogP contribution in [0, 0.1) is 5.82 Å². The molecule has 1 N–H and O–H groups in total. The van der Waals surface area contributed by atoms with Gasteiger partial charge in [-0.2, -0.15) is 0 Å². The van der Waals surface area contributed by atoms with Gasteiger partial charge in [-0.1, -0.05) is 19.1 Å². The van der Waals surface area contributed by atoms with Crippen LogP contribution in [0.15, 0.2) is 47.4 Å². The van der Waals surface area contributed by atoms with Gasteiger partial charge in [0.2, 0.25) is 5.91 Å². The quantitative estimate of drug-likeness (QED) is 0.909. The van der Waals surface area contributed by atoms with Gasteiger partial charge in [-0.15, -0.1) is 0 Å². The van der Waals surface area contributed by atoms with Gasteiger partial charge >= 0.3 is 0 Å². The van der Waals surface area contributed by atoms with Crippen LogP contribution in [0.4, 0.5) is 10.1 Å². The second-order valence-electron chi connectivity index (χ2n) is 5.97. The Morgan fingerprint density at radius 2 is 2.00 bits per heavy atom. The number of hydrogen-bond acceptors (Lipinski definition) is 3. The summed E-state index contributed by atoms with van der Waals surface area (Å²) in [4.78, 5) is 13.5. The lowest BCUT2D eigenvalue weighted by Crippen LogP contribution is -2.35. The molecule has 0 aromatic heterocycles. The highest BCUT2D eigenvalue weighted by molar-refractivity contribution is 7.92. The third-order valence-corrected chi connectivity index (χ3v) is 5.61. The second-order valence-corrected chi connectivity index (χ2v) is 7.65. The molecule has 0 saturated heterocycles. The van der Waals surface area contributed by atoms with Gasteiger partial charge in [-0.05, 0) is 47.9 Å². The number of nitrogens with one attached hydrogen (secondary N) is 1. The number of carbonyl (C=O) groups is 1. The van der Waals surface area contributed by atoms with E-state index in [0.717, 1.165) is 23.6 Å². The molecule has 1 heterocycles. The molecule has 0 spiro atoms. The van der Waals surface area contributed by atoms with E-state index in [0.29, 0.717) is 25.2 Å². The molecule has 0 atom stereocenters. The highest BCUT2D eigenvalue weighted by Crippen LogP contribution is 2.25. The molecular formula is C18H19FN2O3S. The van der Waals surface area contributed by atoms with Crippen molar-refractivity contribution in [1.29, 1.82) is 0 Å². The smallest absolute Gasteiger partial charge is 0.261 e. The fraction of sp³-hybridized carbons (Fsp3) is 0.278. The number of fused-ring (bicyclic) bond motifs is 1. The molecule has 7 heteroatoms. The molecule has 1 amide bonds. The van der Waals surface area contributed by atoms with E-state index in [1.807, 2.05) is 13.0 Å². The van der Waals surface area contributed by atoms with Crippen molar-refractivity contribution in [2.75, 3.05) is 11.3 Å². The predicted molar refractivity (Wildman–Crippen MR) is 93.1 cm³/mol. The molecule has 1 aliphatic heterocycles. The van der Waals surface area contributed by atoms with E-state index < -0.39 is 15.8 Å². The van der Waals surface area contributed by atoms with Crippen LogP contribution in [-0.2, 0) is 27.8 Å². The second kappa shape index (κ2) is 6.84. The monoisotopic (exact) mass is 362 g/mol. The van der Waals surface area contributed by atoms with Crippen LogP contribution in [0.5, 0.6) is 0 Å². The van der Waals surface area contributed by atoms with Crippen LogP contribution in [0.2, 0.25) is 0 Å². The first-order valence-corrected chi connectivity index (χ1v) is 9.55. The van der Waals surface area contributed by atoms with Crippen molar-refractivity contribution in [3.05, 3.63) is 59.4 Å². The summed E-state index contributed by atoms with van der Waals surface area (Å²) in [5, 5.41) is 0. The van der Waals surface area contributed by atoms with Crippen LogP contribution in [0.25, 0.3) is 0 Å². The first kappa shape index (κ1) is 17.4. The SMILES string of the molecule is CCC(=O)N1CCc2ccc(NS(=O)(=O)c3cccc(F)c3)cc2C1. The Labute approximate surface area is 146 Å². The summed E-state index contributed by atoms with van der Waals surface area (Å²) >= 11 is 0. The maximum absolute atomic E-state index is 13.3. The van der Waals surface area contributed by atoms with Gasteiger partial charge < -0.3 is 4.90 Å². The molecule has 0 bridgehead atoms. The summed E-state index contributed by atoms with van der Waals surface area (Å²) in [6.45, 7) is 2.97. The number of benzene rings is 2. The maximum atomic E-state index is 13.3. The fourth-order valence-electron chi connectivity index (χ4n) is 2.91. The minimum Gasteiger partial charge on any atom is -0.338 e. The van der Waals surface area contributed by atoms with E-state index in [2.05, 4.69) is 4.72 Å². The summed E-state index contributed by atoms with van der Waals surface area (Å²) in [6, 6.07) is 10.1. The molecule has 1 aliphatic rings. The number of rotatable bonds is 4. The minimum absolute atomic E-state index is 0.0800. The van der Waals surface area contributed by atoms with Crippen LogP contribution in [0.3, 0.4) is 0 Å². The fourth-order valence-corrected chi connectivity index (χ4v) is 3.99. The third-order valence-electron chi connectivity index (χ3n) is 4.23. The Balaban J connectivity index is 1.84. The average Bonchev–Trinajstić information content (AvgIpc) is 2.60.